The topological polar surface area (TPSA) is 44.4 Å². The summed E-state index contributed by atoms with van der Waals surface area (Å²) in [7, 11) is 0. The molecule has 0 atom stereocenters. The third kappa shape index (κ3) is 5.31. The van der Waals surface area contributed by atoms with Gasteiger partial charge in [0.2, 0.25) is 0 Å². The van der Waals surface area contributed by atoms with E-state index >= 15 is 0 Å². The van der Waals surface area contributed by atoms with Gasteiger partial charge < -0.3 is 15.5 Å². The predicted molar refractivity (Wildman–Crippen MR) is 108 cm³/mol. The zero-order chi connectivity index (χ0) is 17.5. The van der Waals surface area contributed by atoms with Crippen molar-refractivity contribution in [3.8, 4) is 0 Å². The second-order valence-electron chi connectivity index (χ2n) is 5.88. The van der Waals surface area contributed by atoms with E-state index in [0.717, 1.165) is 36.7 Å². The summed E-state index contributed by atoms with van der Waals surface area (Å²) in [5.74, 6) is 2.25. The number of halogens is 1. The first-order valence-corrected chi connectivity index (χ1v) is 9.97. The Kier molecular flexibility index (Phi) is 6.48. The molecule has 2 N–H and O–H groups in total. The minimum atomic E-state index is -0.214. The number of urea groups is 1. The van der Waals surface area contributed by atoms with Crippen LogP contribution in [0, 0.1) is 0 Å². The van der Waals surface area contributed by atoms with Crippen molar-refractivity contribution in [2.24, 2.45) is 0 Å². The Labute approximate surface area is 157 Å². The van der Waals surface area contributed by atoms with Crippen LogP contribution in [0.15, 0.2) is 48.5 Å². The van der Waals surface area contributed by atoms with E-state index in [1.54, 1.807) is 0 Å². The van der Waals surface area contributed by atoms with Crippen LogP contribution in [0.4, 0.5) is 16.2 Å². The lowest BCUT2D eigenvalue weighted by Crippen LogP contribution is -2.32. The van der Waals surface area contributed by atoms with Gasteiger partial charge in [0.25, 0.3) is 0 Å². The summed E-state index contributed by atoms with van der Waals surface area (Å²) >= 11 is 8.38. The van der Waals surface area contributed by atoms with Gasteiger partial charge in [0.05, 0.1) is 10.7 Å². The fourth-order valence-electron chi connectivity index (χ4n) is 2.79. The lowest BCUT2D eigenvalue weighted by atomic mass is 10.1. The van der Waals surface area contributed by atoms with Crippen LogP contribution in [0.3, 0.4) is 0 Å². The Balaban J connectivity index is 1.50. The van der Waals surface area contributed by atoms with E-state index in [1.165, 1.54) is 5.56 Å². The summed E-state index contributed by atoms with van der Waals surface area (Å²) in [5, 5.41) is 6.39. The largest absolute Gasteiger partial charge is 0.369 e. The number of carbonyl (C=O) groups is 1. The Morgan fingerprint density at radius 1 is 1.12 bits per heavy atom. The number of hydrogen-bond acceptors (Lipinski definition) is 3. The van der Waals surface area contributed by atoms with E-state index in [4.69, 9.17) is 11.6 Å². The molecule has 0 radical (unpaired) electrons. The number of anilines is 2. The number of nitrogens with zero attached hydrogens (tertiary/aromatic N) is 1. The average Bonchev–Trinajstić information content (AvgIpc) is 2.63. The highest BCUT2D eigenvalue weighted by Gasteiger charge is 2.14. The number of nitrogens with one attached hydrogen (secondary N) is 2. The molecule has 0 saturated carbocycles. The molecule has 1 aliphatic heterocycles. The number of hydrogen-bond donors (Lipinski definition) is 2. The number of benzene rings is 2. The molecule has 0 spiro atoms. The van der Waals surface area contributed by atoms with Gasteiger partial charge in [-0.25, -0.2) is 4.79 Å². The van der Waals surface area contributed by atoms with Crippen molar-refractivity contribution in [2.45, 2.75) is 6.42 Å². The monoisotopic (exact) mass is 375 g/mol. The molecule has 0 aromatic heterocycles. The Morgan fingerprint density at radius 3 is 2.60 bits per heavy atom. The molecule has 132 valence electrons. The number of rotatable bonds is 5. The molecular formula is C19H22ClN3OS. The van der Waals surface area contributed by atoms with Crippen LogP contribution in [0.25, 0.3) is 0 Å². The summed E-state index contributed by atoms with van der Waals surface area (Å²) in [5.41, 5.74) is 2.95. The first-order chi connectivity index (χ1) is 12.2. The van der Waals surface area contributed by atoms with Crippen molar-refractivity contribution in [1.82, 2.24) is 5.32 Å². The normalized spacial score (nSPS) is 14.2. The van der Waals surface area contributed by atoms with Crippen molar-refractivity contribution in [3.05, 3.63) is 59.1 Å². The molecular weight excluding hydrogens is 354 g/mol. The second kappa shape index (κ2) is 9.02. The van der Waals surface area contributed by atoms with Crippen LogP contribution in [0.2, 0.25) is 5.02 Å². The molecule has 2 aromatic carbocycles. The van der Waals surface area contributed by atoms with Crippen LogP contribution in [0.1, 0.15) is 5.56 Å². The maximum absolute atomic E-state index is 12.0. The van der Waals surface area contributed by atoms with E-state index in [2.05, 4.69) is 27.7 Å². The van der Waals surface area contributed by atoms with E-state index in [-0.39, 0.29) is 6.03 Å². The molecule has 1 saturated heterocycles. The first kappa shape index (κ1) is 18.0. The van der Waals surface area contributed by atoms with E-state index in [1.807, 2.05) is 48.2 Å². The first-order valence-electron chi connectivity index (χ1n) is 8.43. The third-order valence-electron chi connectivity index (χ3n) is 4.10. The van der Waals surface area contributed by atoms with Crippen molar-refractivity contribution in [3.63, 3.8) is 0 Å². The van der Waals surface area contributed by atoms with Gasteiger partial charge in [-0.15, -0.1) is 0 Å². The van der Waals surface area contributed by atoms with Crippen molar-refractivity contribution >= 4 is 40.8 Å². The highest BCUT2D eigenvalue weighted by molar-refractivity contribution is 7.99. The number of amides is 2. The maximum Gasteiger partial charge on any atom is 0.319 e. The zero-order valence-corrected chi connectivity index (χ0v) is 15.6. The number of carbonyl (C=O) groups excluding carboxylic acids is 1. The average molecular weight is 376 g/mol. The zero-order valence-electron chi connectivity index (χ0n) is 14.0. The molecule has 3 rings (SSSR count). The Morgan fingerprint density at radius 2 is 1.88 bits per heavy atom. The van der Waals surface area contributed by atoms with Crippen molar-refractivity contribution in [1.29, 1.82) is 0 Å². The standard InChI is InChI=1S/C19H22ClN3OS/c20-17-14-16(6-7-18(17)23-10-12-25-13-11-23)22-19(24)21-9-8-15-4-2-1-3-5-15/h1-7,14H,8-13H2,(H2,21,22,24). The van der Waals surface area contributed by atoms with Gasteiger partial charge in [-0.2, -0.15) is 11.8 Å². The lowest BCUT2D eigenvalue weighted by Gasteiger charge is -2.29. The maximum atomic E-state index is 12.0. The van der Waals surface area contributed by atoms with Crippen LogP contribution in [0.5, 0.6) is 0 Å². The number of thioether (sulfide) groups is 1. The summed E-state index contributed by atoms with van der Waals surface area (Å²) < 4.78 is 0. The summed E-state index contributed by atoms with van der Waals surface area (Å²) in [6, 6.07) is 15.6. The smallest absolute Gasteiger partial charge is 0.319 e. The van der Waals surface area contributed by atoms with Gasteiger partial charge >= 0.3 is 6.03 Å². The molecule has 0 unspecified atom stereocenters. The van der Waals surface area contributed by atoms with Gasteiger partial charge in [-0.1, -0.05) is 41.9 Å². The third-order valence-corrected chi connectivity index (χ3v) is 5.34. The molecule has 6 heteroatoms. The fraction of sp³-hybridized carbons (Fsp3) is 0.316. The summed E-state index contributed by atoms with van der Waals surface area (Å²) in [6.45, 7) is 2.61. The van der Waals surface area contributed by atoms with Crippen LogP contribution in [-0.4, -0.2) is 37.2 Å². The molecule has 1 fully saturated rings. The quantitative estimate of drug-likeness (QED) is 0.820. The van der Waals surface area contributed by atoms with Gasteiger partial charge in [0, 0.05) is 36.8 Å². The molecule has 1 heterocycles. The van der Waals surface area contributed by atoms with E-state index in [0.29, 0.717) is 17.3 Å². The molecule has 0 bridgehead atoms. The fourth-order valence-corrected chi connectivity index (χ4v) is 3.99. The van der Waals surface area contributed by atoms with Crippen molar-refractivity contribution < 1.29 is 4.79 Å². The molecule has 1 aliphatic rings. The molecule has 4 nitrogen and oxygen atoms in total. The van der Waals surface area contributed by atoms with Crippen LogP contribution >= 0.6 is 23.4 Å². The predicted octanol–water partition coefficient (Wildman–Crippen LogP) is 4.26. The minimum Gasteiger partial charge on any atom is -0.369 e. The van der Waals surface area contributed by atoms with Gasteiger partial charge in [0.15, 0.2) is 0 Å². The van der Waals surface area contributed by atoms with E-state index in [9.17, 15) is 4.79 Å². The van der Waals surface area contributed by atoms with E-state index < -0.39 is 0 Å². The van der Waals surface area contributed by atoms with Gasteiger partial charge in [-0.05, 0) is 30.2 Å². The molecule has 0 aliphatic carbocycles. The summed E-state index contributed by atoms with van der Waals surface area (Å²) in [6.07, 6.45) is 0.806. The van der Waals surface area contributed by atoms with Crippen LogP contribution < -0.4 is 15.5 Å². The minimum absolute atomic E-state index is 0.214. The van der Waals surface area contributed by atoms with Gasteiger partial charge in [0.1, 0.15) is 0 Å². The lowest BCUT2D eigenvalue weighted by molar-refractivity contribution is 0.252. The molecule has 25 heavy (non-hydrogen) atoms. The van der Waals surface area contributed by atoms with Crippen LogP contribution in [-0.2, 0) is 6.42 Å². The SMILES string of the molecule is O=C(NCCc1ccccc1)Nc1ccc(N2CCSCC2)c(Cl)c1. The Bertz CT molecular complexity index is 705. The second-order valence-corrected chi connectivity index (χ2v) is 7.51. The highest BCUT2D eigenvalue weighted by Crippen LogP contribution is 2.30. The molecule has 2 aromatic rings. The molecule has 2 amide bonds. The highest BCUT2D eigenvalue weighted by atomic mass is 35.5. The van der Waals surface area contributed by atoms with Crippen molar-refractivity contribution in [2.75, 3.05) is 41.4 Å². The Hall–Kier alpha value is -1.85. The van der Waals surface area contributed by atoms with Gasteiger partial charge in [-0.3, -0.25) is 0 Å². The summed E-state index contributed by atoms with van der Waals surface area (Å²) in [4.78, 5) is 14.3.